The van der Waals surface area contributed by atoms with Gasteiger partial charge in [0.2, 0.25) is 0 Å². The summed E-state index contributed by atoms with van der Waals surface area (Å²) in [6.07, 6.45) is 0.465. The lowest BCUT2D eigenvalue weighted by Gasteiger charge is -2.31. The highest BCUT2D eigenvalue weighted by Gasteiger charge is 2.29. The van der Waals surface area contributed by atoms with Gasteiger partial charge in [0.05, 0.1) is 6.10 Å². The van der Waals surface area contributed by atoms with Gasteiger partial charge in [-0.1, -0.05) is 12.1 Å². The van der Waals surface area contributed by atoms with Crippen molar-refractivity contribution in [2.45, 2.75) is 18.6 Å². The largest absolute Gasteiger partial charge is 0.508 e. The zero-order valence-corrected chi connectivity index (χ0v) is 11.1. The molecule has 4 nitrogen and oxygen atoms in total. The number of methoxy groups -OCH3 is 1. The Hall–Kier alpha value is -2.20. The van der Waals surface area contributed by atoms with E-state index in [9.17, 15) is 10.2 Å². The van der Waals surface area contributed by atoms with Crippen molar-refractivity contribution in [1.82, 2.24) is 0 Å². The first-order valence-corrected chi connectivity index (χ1v) is 6.48. The van der Waals surface area contributed by atoms with Gasteiger partial charge in [-0.2, -0.15) is 0 Å². The predicted octanol–water partition coefficient (Wildman–Crippen LogP) is 3.31. The number of benzene rings is 2. The number of hydrogen-bond acceptors (Lipinski definition) is 4. The van der Waals surface area contributed by atoms with Crippen LogP contribution in [0.3, 0.4) is 0 Å². The van der Waals surface area contributed by atoms with Gasteiger partial charge >= 0.3 is 0 Å². The zero-order valence-electron chi connectivity index (χ0n) is 11.1. The van der Waals surface area contributed by atoms with Gasteiger partial charge in [-0.15, -0.1) is 0 Å². The second-order valence-corrected chi connectivity index (χ2v) is 4.88. The lowest BCUT2D eigenvalue weighted by Crippen LogP contribution is -2.20. The van der Waals surface area contributed by atoms with Crippen LogP contribution in [-0.4, -0.2) is 17.3 Å². The molecule has 0 bridgehead atoms. The van der Waals surface area contributed by atoms with Crippen LogP contribution in [0.2, 0.25) is 0 Å². The summed E-state index contributed by atoms with van der Waals surface area (Å²) < 4.78 is 11.5. The van der Waals surface area contributed by atoms with E-state index in [1.54, 1.807) is 31.4 Å². The molecule has 2 aromatic rings. The van der Waals surface area contributed by atoms with Crippen molar-refractivity contribution in [2.75, 3.05) is 7.11 Å². The van der Waals surface area contributed by atoms with E-state index in [0.29, 0.717) is 12.2 Å². The zero-order chi connectivity index (χ0) is 14.1. The topological polar surface area (TPSA) is 58.9 Å². The molecule has 2 N–H and O–H groups in total. The van der Waals surface area contributed by atoms with E-state index in [1.165, 1.54) is 0 Å². The maximum atomic E-state index is 9.59. The van der Waals surface area contributed by atoms with Crippen LogP contribution in [0, 0.1) is 0 Å². The molecular formula is C16H16O4. The first-order chi connectivity index (χ1) is 9.67. The van der Waals surface area contributed by atoms with Crippen LogP contribution in [0.5, 0.6) is 17.2 Å². The highest BCUT2D eigenvalue weighted by atomic mass is 16.5. The smallest absolute Gasteiger partial charge is 0.129 e. The van der Waals surface area contributed by atoms with Gasteiger partial charge < -0.3 is 19.7 Å². The minimum Gasteiger partial charge on any atom is -0.508 e. The minimum absolute atomic E-state index is 0.0712. The maximum Gasteiger partial charge on any atom is 0.129 e. The molecule has 0 aromatic heterocycles. The molecule has 0 unspecified atom stereocenters. The third-order valence-corrected chi connectivity index (χ3v) is 3.59. The molecule has 0 saturated carbocycles. The van der Waals surface area contributed by atoms with Crippen molar-refractivity contribution in [2.24, 2.45) is 0 Å². The third kappa shape index (κ3) is 2.30. The van der Waals surface area contributed by atoms with Crippen LogP contribution >= 0.6 is 0 Å². The molecule has 104 valence electrons. The number of fused-ring (bicyclic) bond motifs is 1. The molecular weight excluding hydrogens is 256 g/mol. The number of phenols is 2. The number of rotatable bonds is 2. The Morgan fingerprint density at radius 2 is 1.75 bits per heavy atom. The Bertz CT molecular complexity index is 606. The fourth-order valence-electron chi connectivity index (χ4n) is 2.53. The van der Waals surface area contributed by atoms with Crippen molar-refractivity contribution >= 4 is 0 Å². The molecule has 2 atom stereocenters. The quantitative estimate of drug-likeness (QED) is 0.880. The Balaban J connectivity index is 1.95. The minimum atomic E-state index is -0.158. The Morgan fingerprint density at radius 3 is 2.45 bits per heavy atom. The van der Waals surface area contributed by atoms with Crippen LogP contribution in [0.1, 0.15) is 29.8 Å². The normalized spacial score (nSPS) is 21.1. The monoisotopic (exact) mass is 272 g/mol. The summed E-state index contributed by atoms with van der Waals surface area (Å²) in [6.45, 7) is 0. The maximum absolute atomic E-state index is 9.59. The Kier molecular flexibility index (Phi) is 3.24. The van der Waals surface area contributed by atoms with Crippen molar-refractivity contribution in [1.29, 1.82) is 0 Å². The summed E-state index contributed by atoms with van der Waals surface area (Å²) in [7, 11) is 1.67. The van der Waals surface area contributed by atoms with Crippen molar-refractivity contribution < 1.29 is 19.7 Å². The second-order valence-electron chi connectivity index (χ2n) is 4.88. The fourth-order valence-corrected chi connectivity index (χ4v) is 2.53. The summed E-state index contributed by atoms with van der Waals surface area (Å²) in [4.78, 5) is 0. The van der Waals surface area contributed by atoms with Crippen molar-refractivity contribution in [3.63, 3.8) is 0 Å². The summed E-state index contributed by atoms with van der Waals surface area (Å²) in [5.74, 6) is 1.04. The van der Waals surface area contributed by atoms with Gasteiger partial charge in [0.15, 0.2) is 0 Å². The number of hydrogen-bond donors (Lipinski definition) is 2. The van der Waals surface area contributed by atoms with Crippen LogP contribution in [0.4, 0.5) is 0 Å². The molecule has 3 rings (SSSR count). The number of ether oxygens (including phenoxy) is 2. The van der Waals surface area contributed by atoms with Gasteiger partial charge in [0.1, 0.15) is 23.4 Å². The molecule has 1 heterocycles. The van der Waals surface area contributed by atoms with Gasteiger partial charge in [-0.25, -0.2) is 0 Å². The second kappa shape index (κ2) is 5.06. The van der Waals surface area contributed by atoms with Gasteiger partial charge in [0.25, 0.3) is 0 Å². The van der Waals surface area contributed by atoms with Crippen LogP contribution < -0.4 is 4.74 Å². The van der Waals surface area contributed by atoms with E-state index in [4.69, 9.17) is 9.47 Å². The van der Waals surface area contributed by atoms with Gasteiger partial charge in [-0.3, -0.25) is 0 Å². The molecule has 0 amide bonds. The lowest BCUT2D eigenvalue weighted by atomic mass is 9.94. The molecule has 0 saturated heterocycles. The van der Waals surface area contributed by atoms with E-state index < -0.39 is 0 Å². The summed E-state index contributed by atoms with van der Waals surface area (Å²) in [6, 6.07) is 12.0. The fraction of sp³-hybridized carbons (Fsp3) is 0.250. The summed E-state index contributed by atoms with van der Waals surface area (Å²) in [5.41, 5.74) is 1.92. The molecule has 20 heavy (non-hydrogen) atoms. The first kappa shape index (κ1) is 12.8. The van der Waals surface area contributed by atoms with E-state index >= 15 is 0 Å². The van der Waals surface area contributed by atoms with Crippen LogP contribution in [0.25, 0.3) is 0 Å². The average Bonchev–Trinajstić information content (AvgIpc) is 2.46. The predicted molar refractivity (Wildman–Crippen MR) is 73.9 cm³/mol. The summed E-state index contributed by atoms with van der Waals surface area (Å²) in [5, 5.41) is 18.9. The lowest BCUT2D eigenvalue weighted by molar-refractivity contribution is 0.0299. The Morgan fingerprint density at radius 1 is 1.05 bits per heavy atom. The molecule has 0 fully saturated rings. The standard InChI is InChI=1S/C16H16O4/c1-19-15-9-14(10-2-4-11(17)5-3-10)20-16-8-12(18)6-7-13(15)16/h2-8,14-15,17-18H,9H2,1H3/t14-,15+/m0/s1. The van der Waals surface area contributed by atoms with E-state index in [1.807, 2.05) is 18.2 Å². The molecule has 2 aromatic carbocycles. The molecule has 0 spiro atoms. The number of aromatic hydroxyl groups is 2. The molecule has 0 radical (unpaired) electrons. The van der Waals surface area contributed by atoms with Crippen LogP contribution in [0.15, 0.2) is 42.5 Å². The van der Waals surface area contributed by atoms with E-state index in [-0.39, 0.29) is 23.7 Å². The molecule has 0 aliphatic carbocycles. The van der Waals surface area contributed by atoms with Crippen LogP contribution in [-0.2, 0) is 4.74 Å². The highest BCUT2D eigenvalue weighted by Crippen LogP contribution is 2.43. The van der Waals surface area contributed by atoms with Gasteiger partial charge in [0, 0.05) is 25.2 Å². The van der Waals surface area contributed by atoms with E-state index in [0.717, 1.165) is 11.1 Å². The van der Waals surface area contributed by atoms with Crippen molar-refractivity contribution in [3.8, 4) is 17.2 Å². The molecule has 4 heteroatoms. The summed E-state index contributed by atoms with van der Waals surface area (Å²) >= 11 is 0. The van der Waals surface area contributed by atoms with Gasteiger partial charge in [-0.05, 0) is 29.8 Å². The SMILES string of the molecule is CO[C@@H]1C[C@@H](c2ccc(O)cc2)Oc2cc(O)ccc21. The molecule has 1 aliphatic rings. The Labute approximate surface area is 117 Å². The molecule has 1 aliphatic heterocycles. The van der Waals surface area contributed by atoms with E-state index in [2.05, 4.69) is 0 Å². The third-order valence-electron chi connectivity index (χ3n) is 3.59. The number of phenolic OH excluding ortho intramolecular Hbond substituents is 2. The van der Waals surface area contributed by atoms with Crippen molar-refractivity contribution in [3.05, 3.63) is 53.6 Å². The average molecular weight is 272 g/mol. The highest BCUT2D eigenvalue weighted by molar-refractivity contribution is 5.44. The first-order valence-electron chi connectivity index (χ1n) is 6.48.